The maximum absolute atomic E-state index is 6.36. The molecule has 0 aliphatic heterocycles. The fourth-order valence-electron chi connectivity index (χ4n) is 2.35. The molecule has 1 aromatic carbocycles. The first-order valence-corrected chi connectivity index (χ1v) is 7.89. The minimum atomic E-state index is -0.0360. The molecule has 21 heavy (non-hydrogen) atoms. The van der Waals surface area contributed by atoms with Crippen molar-refractivity contribution in [3.63, 3.8) is 0 Å². The van der Waals surface area contributed by atoms with Crippen molar-refractivity contribution in [1.29, 1.82) is 0 Å². The summed E-state index contributed by atoms with van der Waals surface area (Å²) in [6, 6.07) is 6.17. The van der Waals surface area contributed by atoms with Crippen LogP contribution in [0, 0.1) is 6.92 Å². The molecule has 2 rings (SSSR count). The van der Waals surface area contributed by atoms with Crippen LogP contribution in [0.5, 0.6) is 0 Å². The summed E-state index contributed by atoms with van der Waals surface area (Å²) < 4.78 is 8.11. The van der Waals surface area contributed by atoms with Crippen LogP contribution in [0.1, 0.15) is 22.9 Å². The first-order chi connectivity index (χ1) is 10.1. The third-order valence-corrected chi connectivity index (χ3v) is 4.81. The summed E-state index contributed by atoms with van der Waals surface area (Å²) in [4.78, 5) is 0. The number of nitrogens with zero attached hydrogens (tertiary/aromatic N) is 2. The number of benzene rings is 1. The number of rotatable bonds is 6. The second-order valence-corrected chi connectivity index (χ2v) is 5.99. The van der Waals surface area contributed by atoms with Gasteiger partial charge in [-0.1, -0.05) is 45.7 Å². The standard InChI is InChI=1S/C15H19BrClN3O/c1-10-5-4-6-11(13(10)16)14(18-2)15-12(17)9-19-20(15)7-8-21-3/h4-6,9,14,18H,7-8H2,1-3H3. The molecule has 0 saturated heterocycles. The molecule has 1 heterocycles. The highest BCUT2D eigenvalue weighted by molar-refractivity contribution is 9.10. The number of methoxy groups -OCH3 is 1. The van der Waals surface area contributed by atoms with Crippen LogP contribution in [-0.2, 0) is 11.3 Å². The van der Waals surface area contributed by atoms with Gasteiger partial charge in [0, 0.05) is 11.6 Å². The van der Waals surface area contributed by atoms with Crippen LogP contribution in [0.2, 0.25) is 5.02 Å². The number of aromatic nitrogens is 2. The zero-order chi connectivity index (χ0) is 15.4. The van der Waals surface area contributed by atoms with Gasteiger partial charge in [-0.25, -0.2) is 0 Å². The Morgan fingerprint density at radius 1 is 1.48 bits per heavy atom. The SMILES string of the molecule is CNC(c1cccc(C)c1Br)c1c(Cl)cnn1CCOC. The summed E-state index contributed by atoms with van der Waals surface area (Å²) >= 11 is 10.0. The van der Waals surface area contributed by atoms with Crippen molar-refractivity contribution in [2.75, 3.05) is 20.8 Å². The molecule has 0 fully saturated rings. The lowest BCUT2D eigenvalue weighted by molar-refractivity contribution is 0.182. The Bertz CT molecular complexity index is 615. The molecule has 0 aliphatic carbocycles. The largest absolute Gasteiger partial charge is 0.383 e. The van der Waals surface area contributed by atoms with Gasteiger partial charge in [0.2, 0.25) is 0 Å². The maximum Gasteiger partial charge on any atom is 0.0837 e. The fourth-order valence-corrected chi connectivity index (χ4v) is 3.09. The van der Waals surface area contributed by atoms with Gasteiger partial charge in [0.15, 0.2) is 0 Å². The lowest BCUT2D eigenvalue weighted by Crippen LogP contribution is -2.23. The van der Waals surface area contributed by atoms with Crippen molar-refractivity contribution in [2.45, 2.75) is 19.5 Å². The number of aryl methyl sites for hydroxylation is 1. The Kier molecular flexibility index (Phi) is 5.81. The van der Waals surface area contributed by atoms with Gasteiger partial charge in [0.05, 0.1) is 36.1 Å². The van der Waals surface area contributed by atoms with Crippen molar-refractivity contribution in [2.24, 2.45) is 0 Å². The van der Waals surface area contributed by atoms with Crippen LogP contribution in [0.15, 0.2) is 28.9 Å². The summed E-state index contributed by atoms with van der Waals surface area (Å²) in [5.41, 5.74) is 3.27. The Hall–Kier alpha value is -0.880. The Balaban J connectivity index is 2.46. The molecule has 4 nitrogen and oxygen atoms in total. The summed E-state index contributed by atoms with van der Waals surface area (Å²) in [6.45, 7) is 3.33. The molecule has 0 aliphatic rings. The van der Waals surface area contributed by atoms with Gasteiger partial charge < -0.3 is 10.1 Å². The summed E-state index contributed by atoms with van der Waals surface area (Å²) in [5, 5.41) is 8.33. The van der Waals surface area contributed by atoms with Gasteiger partial charge >= 0.3 is 0 Å². The maximum atomic E-state index is 6.36. The topological polar surface area (TPSA) is 39.1 Å². The van der Waals surface area contributed by atoms with Crippen molar-refractivity contribution >= 4 is 27.5 Å². The summed E-state index contributed by atoms with van der Waals surface area (Å²) in [5.74, 6) is 0. The number of ether oxygens (including phenoxy) is 1. The third kappa shape index (κ3) is 3.48. The molecule has 0 spiro atoms. The normalized spacial score (nSPS) is 12.6. The molecule has 0 radical (unpaired) electrons. The van der Waals surface area contributed by atoms with Gasteiger partial charge in [-0.15, -0.1) is 0 Å². The smallest absolute Gasteiger partial charge is 0.0837 e. The molecular formula is C15H19BrClN3O. The van der Waals surface area contributed by atoms with Crippen LogP contribution in [0.4, 0.5) is 0 Å². The molecule has 1 aromatic heterocycles. The predicted octanol–water partition coefficient (Wildman–Crippen LogP) is 3.56. The first kappa shape index (κ1) is 16.5. The zero-order valence-electron chi connectivity index (χ0n) is 12.4. The minimum Gasteiger partial charge on any atom is -0.383 e. The second-order valence-electron chi connectivity index (χ2n) is 4.79. The number of halogens is 2. The highest BCUT2D eigenvalue weighted by Gasteiger charge is 2.23. The van der Waals surface area contributed by atoms with Gasteiger partial charge in [0.25, 0.3) is 0 Å². The van der Waals surface area contributed by atoms with E-state index in [4.69, 9.17) is 16.3 Å². The van der Waals surface area contributed by atoms with Gasteiger partial charge in [-0.3, -0.25) is 4.68 Å². The molecule has 0 amide bonds. The first-order valence-electron chi connectivity index (χ1n) is 6.72. The molecule has 1 N–H and O–H groups in total. The second kappa shape index (κ2) is 7.40. The number of nitrogens with one attached hydrogen (secondary N) is 1. The van der Waals surface area contributed by atoms with E-state index in [1.165, 1.54) is 5.56 Å². The van der Waals surface area contributed by atoms with Crippen LogP contribution in [-0.4, -0.2) is 30.5 Å². The van der Waals surface area contributed by atoms with Crippen LogP contribution in [0.25, 0.3) is 0 Å². The van der Waals surface area contributed by atoms with E-state index >= 15 is 0 Å². The molecule has 0 saturated carbocycles. The van der Waals surface area contributed by atoms with Crippen molar-refractivity contribution in [1.82, 2.24) is 15.1 Å². The van der Waals surface area contributed by atoms with Gasteiger partial charge in [-0.2, -0.15) is 5.10 Å². The predicted molar refractivity (Wildman–Crippen MR) is 88.9 cm³/mol. The zero-order valence-corrected chi connectivity index (χ0v) is 14.7. The van der Waals surface area contributed by atoms with Crippen molar-refractivity contribution in [3.05, 3.63) is 50.7 Å². The van der Waals surface area contributed by atoms with Crippen LogP contribution >= 0.6 is 27.5 Å². The number of hydrogen-bond donors (Lipinski definition) is 1. The highest BCUT2D eigenvalue weighted by atomic mass is 79.9. The Morgan fingerprint density at radius 2 is 2.24 bits per heavy atom. The average molecular weight is 373 g/mol. The third-order valence-electron chi connectivity index (χ3n) is 3.44. The van der Waals surface area contributed by atoms with E-state index in [0.29, 0.717) is 18.2 Å². The van der Waals surface area contributed by atoms with Gasteiger partial charge in [0.1, 0.15) is 0 Å². The monoisotopic (exact) mass is 371 g/mol. The van der Waals surface area contributed by atoms with E-state index in [9.17, 15) is 0 Å². The summed E-state index contributed by atoms with van der Waals surface area (Å²) in [6.07, 6.45) is 1.68. The van der Waals surface area contributed by atoms with E-state index < -0.39 is 0 Å². The minimum absolute atomic E-state index is 0.0360. The molecule has 0 bridgehead atoms. The number of hydrogen-bond acceptors (Lipinski definition) is 3. The van der Waals surface area contributed by atoms with Crippen LogP contribution < -0.4 is 5.32 Å². The summed E-state index contributed by atoms with van der Waals surface area (Å²) in [7, 11) is 3.60. The van der Waals surface area contributed by atoms with Crippen molar-refractivity contribution < 1.29 is 4.74 Å². The molecule has 1 atom stereocenters. The molecule has 6 heteroatoms. The van der Waals surface area contributed by atoms with E-state index in [2.05, 4.69) is 45.4 Å². The highest BCUT2D eigenvalue weighted by Crippen LogP contribution is 2.33. The van der Waals surface area contributed by atoms with Crippen molar-refractivity contribution in [3.8, 4) is 0 Å². The van der Waals surface area contributed by atoms with E-state index in [1.54, 1.807) is 13.3 Å². The lowest BCUT2D eigenvalue weighted by Gasteiger charge is -2.21. The quantitative estimate of drug-likeness (QED) is 0.842. The molecular weight excluding hydrogens is 354 g/mol. The average Bonchev–Trinajstić information content (AvgIpc) is 2.83. The molecule has 114 valence electrons. The Labute approximate surface area is 138 Å². The van der Waals surface area contributed by atoms with Crippen LogP contribution in [0.3, 0.4) is 0 Å². The van der Waals surface area contributed by atoms with E-state index in [-0.39, 0.29) is 6.04 Å². The van der Waals surface area contributed by atoms with Gasteiger partial charge in [-0.05, 0) is 25.1 Å². The molecule has 2 aromatic rings. The molecule has 1 unspecified atom stereocenters. The van der Waals surface area contributed by atoms with E-state index in [0.717, 1.165) is 15.7 Å². The lowest BCUT2D eigenvalue weighted by atomic mass is 10.0. The fraction of sp³-hybridized carbons (Fsp3) is 0.400. The Morgan fingerprint density at radius 3 is 2.90 bits per heavy atom. The van der Waals surface area contributed by atoms with E-state index in [1.807, 2.05) is 17.8 Å².